The summed E-state index contributed by atoms with van der Waals surface area (Å²) in [6, 6.07) is 13.3. The normalized spacial score (nSPS) is 13.3. The van der Waals surface area contributed by atoms with Gasteiger partial charge in [-0.05, 0) is 47.5 Å². The van der Waals surface area contributed by atoms with Crippen LogP contribution in [-0.4, -0.2) is 17.0 Å². The maximum Gasteiger partial charge on any atom is 0.261 e. The quantitative estimate of drug-likeness (QED) is 0.841. The van der Waals surface area contributed by atoms with Crippen molar-refractivity contribution in [3.63, 3.8) is 0 Å². The molecule has 2 rings (SSSR count). The zero-order chi connectivity index (χ0) is 15.2. The minimum absolute atomic E-state index is 0.0675. The van der Waals surface area contributed by atoms with Crippen LogP contribution in [0.2, 0.25) is 0 Å². The van der Waals surface area contributed by atoms with Crippen LogP contribution in [0.1, 0.15) is 25.5 Å². The molecule has 0 saturated carbocycles. The van der Waals surface area contributed by atoms with Crippen molar-refractivity contribution in [2.75, 3.05) is 0 Å². The van der Waals surface area contributed by atoms with Gasteiger partial charge in [0, 0.05) is 6.20 Å². The summed E-state index contributed by atoms with van der Waals surface area (Å²) in [6.45, 7) is 3.66. The molecule has 1 amide bonds. The topological polar surface area (TPSA) is 51.2 Å². The summed E-state index contributed by atoms with van der Waals surface area (Å²) >= 11 is 3.29. The highest BCUT2D eigenvalue weighted by Crippen LogP contribution is 2.22. The number of nitrogens with zero attached hydrogens (tertiary/aromatic N) is 1. The number of hydrogen-bond acceptors (Lipinski definition) is 3. The molecule has 1 unspecified atom stereocenters. The molecule has 1 aromatic heterocycles. The Morgan fingerprint density at radius 1 is 1.19 bits per heavy atom. The van der Waals surface area contributed by atoms with E-state index >= 15 is 0 Å². The Labute approximate surface area is 132 Å². The summed E-state index contributed by atoms with van der Waals surface area (Å²) in [4.78, 5) is 16.2. The van der Waals surface area contributed by atoms with Crippen molar-refractivity contribution >= 4 is 21.8 Å². The molecule has 4 nitrogen and oxygen atoms in total. The van der Waals surface area contributed by atoms with E-state index in [0.29, 0.717) is 10.4 Å². The predicted molar refractivity (Wildman–Crippen MR) is 85.0 cm³/mol. The van der Waals surface area contributed by atoms with Gasteiger partial charge in [0.1, 0.15) is 4.60 Å². The molecule has 0 fully saturated rings. The number of nitrogens with one attached hydrogen (secondary N) is 1. The van der Waals surface area contributed by atoms with Crippen molar-refractivity contribution in [3.05, 3.63) is 58.8 Å². The van der Waals surface area contributed by atoms with Crippen molar-refractivity contribution in [2.24, 2.45) is 0 Å². The second-order valence-electron chi connectivity index (χ2n) is 4.69. The van der Waals surface area contributed by atoms with E-state index in [9.17, 15) is 4.79 Å². The fourth-order valence-electron chi connectivity index (χ4n) is 1.86. The van der Waals surface area contributed by atoms with E-state index in [0.717, 1.165) is 5.56 Å². The average molecular weight is 349 g/mol. The summed E-state index contributed by atoms with van der Waals surface area (Å²) in [5.41, 5.74) is 1.06. The fraction of sp³-hybridized carbons (Fsp3) is 0.250. The number of pyridine rings is 1. The van der Waals surface area contributed by atoms with Gasteiger partial charge in [0.05, 0.1) is 6.04 Å². The van der Waals surface area contributed by atoms with Gasteiger partial charge < -0.3 is 10.1 Å². The maximum atomic E-state index is 12.2. The zero-order valence-electron chi connectivity index (χ0n) is 11.9. The summed E-state index contributed by atoms with van der Waals surface area (Å²) in [6.07, 6.45) is 1.05. The molecule has 1 aromatic carbocycles. The van der Waals surface area contributed by atoms with Gasteiger partial charge in [-0.3, -0.25) is 4.79 Å². The molecule has 0 spiro atoms. The van der Waals surface area contributed by atoms with E-state index in [1.54, 1.807) is 25.3 Å². The number of carbonyl (C=O) groups excluding carboxylic acids is 1. The first-order valence-corrected chi connectivity index (χ1v) is 7.49. The first kappa shape index (κ1) is 15.5. The zero-order valence-corrected chi connectivity index (χ0v) is 13.5. The molecule has 21 heavy (non-hydrogen) atoms. The minimum Gasteiger partial charge on any atom is -0.478 e. The van der Waals surface area contributed by atoms with Crippen molar-refractivity contribution in [2.45, 2.75) is 26.0 Å². The molecule has 0 saturated heterocycles. The van der Waals surface area contributed by atoms with Crippen LogP contribution in [0.3, 0.4) is 0 Å². The van der Waals surface area contributed by atoms with Crippen LogP contribution < -0.4 is 10.1 Å². The molecule has 1 heterocycles. The molecular formula is C16H17BrN2O2. The number of aromatic nitrogens is 1. The van der Waals surface area contributed by atoms with Crippen LogP contribution >= 0.6 is 15.9 Å². The van der Waals surface area contributed by atoms with Gasteiger partial charge in [-0.1, -0.05) is 30.3 Å². The Morgan fingerprint density at radius 2 is 1.90 bits per heavy atom. The standard InChI is InChI=1S/C16H17BrN2O2/c1-11(13-7-4-3-5-8-13)19-16(20)12(2)21-14-9-6-10-18-15(14)17/h3-12H,1-2H3,(H,19,20)/t11-,12?/m0/s1. The van der Waals surface area contributed by atoms with E-state index in [1.165, 1.54) is 0 Å². The van der Waals surface area contributed by atoms with Gasteiger partial charge in [-0.2, -0.15) is 0 Å². The molecule has 0 radical (unpaired) electrons. The highest BCUT2D eigenvalue weighted by molar-refractivity contribution is 9.10. The van der Waals surface area contributed by atoms with Crippen LogP contribution in [0.4, 0.5) is 0 Å². The lowest BCUT2D eigenvalue weighted by atomic mass is 10.1. The van der Waals surface area contributed by atoms with Crippen molar-refractivity contribution in [1.29, 1.82) is 0 Å². The average Bonchev–Trinajstić information content (AvgIpc) is 2.50. The Morgan fingerprint density at radius 3 is 2.57 bits per heavy atom. The van der Waals surface area contributed by atoms with Gasteiger partial charge in [0.2, 0.25) is 0 Å². The number of ether oxygens (including phenoxy) is 1. The Balaban J connectivity index is 1.95. The van der Waals surface area contributed by atoms with Gasteiger partial charge in [0.15, 0.2) is 11.9 Å². The summed E-state index contributed by atoms with van der Waals surface area (Å²) in [5, 5.41) is 2.94. The van der Waals surface area contributed by atoms with Gasteiger partial charge in [-0.25, -0.2) is 4.98 Å². The van der Waals surface area contributed by atoms with Crippen LogP contribution in [0, 0.1) is 0 Å². The van der Waals surface area contributed by atoms with Gasteiger partial charge >= 0.3 is 0 Å². The lowest BCUT2D eigenvalue weighted by Gasteiger charge is -2.19. The van der Waals surface area contributed by atoms with Crippen LogP contribution in [0.15, 0.2) is 53.3 Å². The fourth-order valence-corrected chi connectivity index (χ4v) is 2.20. The van der Waals surface area contributed by atoms with Crippen molar-refractivity contribution in [1.82, 2.24) is 10.3 Å². The number of halogens is 1. The highest BCUT2D eigenvalue weighted by atomic mass is 79.9. The summed E-state index contributed by atoms with van der Waals surface area (Å²) < 4.78 is 6.21. The summed E-state index contributed by atoms with van der Waals surface area (Å²) in [7, 11) is 0. The van der Waals surface area contributed by atoms with Crippen LogP contribution in [0.5, 0.6) is 5.75 Å². The molecule has 0 aliphatic carbocycles. The van der Waals surface area contributed by atoms with E-state index in [2.05, 4.69) is 26.2 Å². The predicted octanol–water partition coefficient (Wildman–Crippen LogP) is 3.49. The second kappa shape index (κ2) is 7.22. The SMILES string of the molecule is CC(Oc1cccnc1Br)C(=O)N[C@@H](C)c1ccccc1. The molecule has 2 aromatic rings. The van der Waals surface area contributed by atoms with Crippen LogP contribution in [0.25, 0.3) is 0 Å². The number of amides is 1. The molecule has 110 valence electrons. The highest BCUT2D eigenvalue weighted by Gasteiger charge is 2.18. The molecule has 0 aliphatic rings. The smallest absolute Gasteiger partial charge is 0.261 e. The molecule has 2 atom stereocenters. The van der Waals surface area contributed by atoms with E-state index in [-0.39, 0.29) is 11.9 Å². The van der Waals surface area contributed by atoms with Crippen LogP contribution in [-0.2, 0) is 4.79 Å². The number of benzene rings is 1. The molecule has 0 aliphatic heterocycles. The lowest BCUT2D eigenvalue weighted by molar-refractivity contribution is -0.127. The Hall–Kier alpha value is -1.88. The lowest BCUT2D eigenvalue weighted by Crippen LogP contribution is -2.37. The van der Waals surface area contributed by atoms with Crippen molar-refractivity contribution in [3.8, 4) is 5.75 Å². The van der Waals surface area contributed by atoms with Gasteiger partial charge in [0.25, 0.3) is 5.91 Å². The number of carbonyl (C=O) groups is 1. The van der Waals surface area contributed by atoms with Gasteiger partial charge in [-0.15, -0.1) is 0 Å². The molecule has 1 N–H and O–H groups in total. The van der Waals surface area contributed by atoms with E-state index in [4.69, 9.17) is 4.74 Å². The largest absolute Gasteiger partial charge is 0.478 e. The molecule has 5 heteroatoms. The third-order valence-corrected chi connectivity index (χ3v) is 3.65. The monoisotopic (exact) mass is 348 g/mol. The number of rotatable bonds is 5. The van der Waals surface area contributed by atoms with Crippen molar-refractivity contribution < 1.29 is 9.53 Å². The maximum absolute atomic E-state index is 12.2. The summed E-state index contributed by atoms with van der Waals surface area (Å²) in [5.74, 6) is 0.384. The molecule has 0 bridgehead atoms. The minimum atomic E-state index is -0.600. The Bertz CT molecular complexity index is 604. The molecular weight excluding hydrogens is 332 g/mol. The first-order chi connectivity index (χ1) is 10.1. The number of hydrogen-bond donors (Lipinski definition) is 1. The second-order valence-corrected chi connectivity index (χ2v) is 5.44. The van der Waals surface area contributed by atoms with E-state index < -0.39 is 6.10 Å². The Kier molecular flexibility index (Phi) is 5.33. The first-order valence-electron chi connectivity index (χ1n) is 6.70. The third-order valence-electron chi connectivity index (χ3n) is 3.06. The third kappa shape index (κ3) is 4.29. The van der Waals surface area contributed by atoms with E-state index in [1.807, 2.05) is 37.3 Å².